The Kier molecular flexibility index (Phi) is 3.23. The van der Waals surface area contributed by atoms with Crippen molar-refractivity contribution in [1.29, 1.82) is 0 Å². The molecule has 0 spiro atoms. The molecule has 0 aromatic heterocycles. The van der Waals surface area contributed by atoms with E-state index in [4.69, 9.17) is 0 Å². The first-order valence-corrected chi connectivity index (χ1v) is 4.04. The van der Waals surface area contributed by atoms with Gasteiger partial charge in [-0.3, -0.25) is 14.6 Å². The zero-order chi connectivity index (χ0) is 10.6. The summed E-state index contributed by atoms with van der Waals surface area (Å²) in [5, 5.41) is 0. The van der Waals surface area contributed by atoms with Gasteiger partial charge in [0.1, 0.15) is 6.29 Å². The van der Waals surface area contributed by atoms with Gasteiger partial charge in [-0.25, -0.2) is 4.79 Å². The molecule has 74 valence electrons. The lowest BCUT2D eigenvalue weighted by atomic mass is 10.1. The first kappa shape index (κ1) is 10.2. The van der Waals surface area contributed by atoms with Crippen LogP contribution in [0, 0.1) is 6.92 Å². The molecule has 0 aliphatic carbocycles. The largest absolute Gasteiger partial charge is 0.352 e. The molecule has 0 bridgehead atoms. The van der Waals surface area contributed by atoms with Crippen molar-refractivity contribution in [3.05, 3.63) is 29.3 Å². The number of carbonyl (C=O) groups is 2. The van der Waals surface area contributed by atoms with Crippen LogP contribution >= 0.6 is 0 Å². The molecule has 0 heterocycles. The molecule has 0 saturated heterocycles. The highest BCUT2D eigenvalue weighted by Gasteiger charge is 2.01. The monoisotopic (exact) mass is 194 g/mol. The lowest BCUT2D eigenvalue weighted by molar-refractivity contribution is -0.210. The molecule has 0 saturated carbocycles. The average molecular weight is 194 g/mol. The fourth-order valence-corrected chi connectivity index (χ4v) is 0.939. The van der Waals surface area contributed by atoms with E-state index in [2.05, 4.69) is 9.78 Å². The predicted molar refractivity (Wildman–Crippen MR) is 49.0 cm³/mol. The molecular formula is C10H10O4. The van der Waals surface area contributed by atoms with E-state index in [0.717, 1.165) is 11.8 Å². The van der Waals surface area contributed by atoms with E-state index in [1.54, 1.807) is 25.1 Å². The van der Waals surface area contributed by atoms with Crippen molar-refractivity contribution in [3.63, 3.8) is 0 Å². The van der Waals surface area contributed by atoms with E-state index >= 15 is 0 Å². The highest BCUT2D eigenvalue weighted by molar-refractivity contribution is 5.77. The average Bonchev–Trinajstić information content (AvgIpc) is 2.15. The molecule has 4 heteroatoms. The van der Waals surface area contributed by atoms with E-state index in [1.165, 1.54) is 6.92 Å². The number of benzene rings is 1. The smallest absolute Gasteiger partial charge is 0.298 e. The van der Waals surface area contributed by atoms with Gasteiger partial charge >= 0.3 is 5.97 Å². The molecule has 0 amide bonds. The van der Waals surface area contributed by atoms with Gasteiger partial charge in [-0.05, 0) is 30.7 Å². The molecule has 14 heavy (non-hydrogen) atoms. The Hall–Kier alpha value is -1.84. The summed E-state index contributed by atoms with van der Waals surface area (Å²) in [4.78, 5) is 29.9. The van der Waals surface area contributed by atoms with Crippen molar-refractivity contribution in [2.24, 2.45) is 0 Å². The van der Waals surface area contributed by atoms with E-state index in [9.17, 15) is 9.59 Å². The second kappa shape index (κ2) is 4.41. The zero-order valence-electron chi connectivity index (χ0n) is 7.94. The van der Waals surface area contributed by atoms with Crippen molar-refractivity contribution < 1.29 is 19.4 Å². The Morgan fingerprint density at radius 1 is 1.43 bits per heavy atom. The minimum absolute atomic E-state index is 0.392. The van der Waals surface area contributed by atoms with Crippen LogP contribution in [0.5, 0.6) is 5.75 Å². The van der Waals surface area contributed by atoms with Gasteiger partial charge in [0, 0.05) is 12.5 Å². The summed E-state index contributed by atoms with van der Waals surface area (Å²) in [7, 11) is 0. The molecule has 4 nitrogen and oxygen atoms in total. The summed E-state index contributed by atoms with van der Waals surface area (Å²) in [5.41, 5.74) is 1.35. The third-order valence-corrected chi connectivity index (χ3v) is 1.62. The lowest BCUT2D eigenvalue weighted by Gasteiger charge is -2.03. The predicted octanol–water partition coefficient (Wildman–Crippen LogP) is 1.66. The maximum atomic E-state index is 10.5. The maximum Gasteiger partial charge on any atom is 0.352 e. The zero-order valence-corrected chi connectivity index (χ0v) is 7.94. The van der Waals surface area contributed by atoms with Crippen LogP contribution in [0.25, 0.3) is 0 Å². The van der Waals surface area contributed by atoms with Gasteiger partial charge in [0.2, 0.25) is 0 Å². The van der Waals surface area contributed by atoms with Crippen LogP contribution in [0.3, 0.4) is 0 Å². The van der Waals surface area contributed by atoms with E-state index in [-0.39, 0.29) is 0 Å². The molecule has 0 aliphatic rings. The fourth-order valence-electron chi connectivity index (χ4n) is 0.939. The van der Waals surface area contributed by atoms with Gasteiger partial charge in [-0.15, -0.1) is 0 Å². The van der Waals surface area contributed by atoms with Crippen LogP contribution in [0.1, 0.15) is 22.8 Å². The molecule has 0 radical (unpaired) electrons. The normalized spacial score (nSPS) is 9.29. The number of hydrogen-bond donors (Lipinski definition) is 0. The molecule has 0 N–H and O–H groups in total. The Labute approximate surface area is 81.4 Å². The summed E-state index contributed by atoms with van der Waals surface area (Å²) in [6, 6.07) is 4.77. The van der Waals surface area contributed by atoms with E-state index in [1.807, 2.05) is 0 Å². The number of hydrogen-bond acceptors (Lipinski definition) is 4. The van der Waals surface area contributed by atoms with Crippen molar-refractivity contribution in [1.82, 2.24) is 0 Å². The van der Waals surface area contributed by atoms with Gasteiger partial charge in [0.15, 0.2) is 5.75 Å². The Morgan fingerprint density at radius 2 is 2.14 bits per heavy atom. The van der Waals surface area contributed by atoms with Gasteiger partial charge < -0.3 is 0 Å². The summed E-state index contributed by atoms with van der Waals surface area (Å²) in [5.74, 6) is -0.134. The quantitative estimate of drug-likeness (QED) is 0.417. The highest BCUT2D eigenvalue weighted by Crippen LogP contribution is 2.16. The van der Waals surface area contributed by atoms with Crippen LogP contribution in [0.2, 0.25) is 0 Å². The molecular weight excluding hydrogens is 184 g/mol. The summed E-state index contributed by atoms with van der Waals surface area (Å²) in [6.45, 7) is 3.01. The second-order valence-electron chi connectivity index (χ2n) is 2.79. The van der Waals surface area contributed by atoms with Crippen LogP contribution in [0.4, 0.5) is 0 Å². The van der Waals surface area contributed by atoms with Crippen molar-refractivity contribution in [2.75, 3.05) is 0 Å². The Bertz CT molecular complexity index is 357. The fraction of sp³-hybridized carbons (Fsp3) is 0.200. The van der Waals surface area contributed by atoms with Crippen LogP contribution < -0.4 is 4.89 Å². The minimum atomic E-state index is -0.526. The van der Waals surface area contributed by atoms with Crippen molar-refractivity contribution >= 4 is 12.3 Å². The van der Waals surface area contributed by atoms with Gasteiger partial charge in [0.05, 0.1) is 0 Å². The topological polar surface area (TPSA) is 52.6 Å². The van der Waals surface area contributed by atoms with Crippen LogP contribution in [-0.2, 0) is 9.68 Å². The van der Waals surface area contributed by atoms with Crippen molar-refractivity contribution in [2.45, 2.75) is 13.8 Å². The van der Waals surface area contributed by atoms with Crippen LogP contribution in [0.15, 0.2) is 18.2 Å². The number of aldehydes is 1. The van der Waals surface area contributed by atoms with E-state index < -0.39 is 5.97 Å². The number of rotatable bonds is 3. The second-order valence-corrected chi connectivity index (χ2v) is 2.79. The molecule has 0 atom stereocenters. The summed E-state index contributed by atoms with van der Waals surface area (Å²) < 4.78 is 0. The molecule has 0 unspecified atom stereocenters. The van der Waals surface area contributed by atoms with Crippen molar-refractivity contribution in [3.8, 4) is 5.75 Å². The SMILES string of the molecule is CC(=O)OOc1ccc(C=O)c(C)c1. The van der Waals surface area contributed by atoms with Gasteiger partial charge in [-0.2, -0.15) is 0 Å². The van der Waals surface area contributed by atoms with Gasteiger partial charge in [-0.1, -0.05) is 0 Å². The third-order valence-electron chi connectivity index (χ3n) is 1.62. The Morgan fingerprint density at radius 3 is 2.64 bits per heavy atom. The van der Waals surface area contributed by atoms with Crippen LogP contribution in [-0.4, -0.2) is 12.3 Å². The molecule has 0 aliphatic heterocycles. The summed E-state index contributed by atoms with van der Waals surface area (Å²) in [6.07, 6.45) is 0.755. The maximum absolute atomic E-state index is 10.5. The molecule has 1 rings (SSSR count). The summed E-state index contributed by atoms with van der Waals surface area (Å²) >= 11 is 0. The minimum Gasteiger partial charge on any atom is -0.298 e. The molecule has 1 aromatic carbocycles. The van der Waals surface area contributed by atoms with E-state index in [0.29, 0.717) is 11.3 Å². The number of aryl methyl sites for hydroxylation is 1. The standard InChI is InChI=1S/C10H10O4/c1-7-5-10(14-13-8(2)12)4-3-9(7)6-11/h3-6H,1-2H3. The van der Waals surface area contributed by atoms with Gasteiger partial charge in [0.25, 0.3) is 0 Å². The first-order valence-electron chi connectivity index (χ1n) is 4.04. The lowest BCUT2D eigenvalue weighted by Crippen LogP contribution is -2.03. The first-order chi connectivity index (χ1) is 6.63. The molecule has 0 fully saturated rings. The highest BCUT2D eigenvalue weighted by atomic mass is 17.2. The molecule has 1 aromatic rings. The number of carbonyl (C=O) groups excluding carboxylic acids is 2. The third kappa shape index (κ3) is 2.58. The Balaban J connectivity index is 2.76.